The van der Waals surface area contributed by atoms with Crippen LogP contribution in [0.25, 0.3) is 0 Å². The van der Waals surface area contributed by atoms with Crippen LogP contribution in [-0.2, 0) is 4.74 Å². The summed E-state index contributed by atoms with van der Waals surface area (Å²) in [4.78, 5) is 3.77. The standard InChI is InChI=1S/C17H29N3OS.ClH/c1-20(2)16(17-7-4-10-22-17)11-19-14-6-3-5-13(14)15-12-21-9-8-18-15;/h4,7,10,13-16,18-19H,3,5-6,8-9,11-12H2,1-2H3;1H. The van der Waals surface area contributed by atoms with Gasteiger partial charge in [0, 0.05) is 30.1 Å². The van der Waals surface area contributed by atoms with Gasteiger partial charge in [0.15, 0.2) is 0 Å². The number of hydrogen-bond acceptors (Lipinski definition) is 5. The molecule has 23 heavy (non-hydrogen) atoms. The Morgan fingerprint density at radius 1 is 1.43 bits per heavy atom. The lowest BCUT2D eigenvalue weighted by atomic mass is 9.94. The molecule has 1 aromatic heterocycles. The highest BCUT2D eigenvalue weighted by Crippen LogP contribution is 2.30. The molecule has 2 aliphatic rings. The van der Waals surface area contributed by atoms with E-state index in [4.69, 9.17) is 4.74 Å². The number of ether oxygens (including phenoxy) is 1. The molecule has 0 amide bonds. The van der Waals surface area contributed by atoms with E-state index < -0.39 is 0 Å². The third-order valence-corrected chi connectivity index (χ3v) is 6.08. The fourth-order valence-corrected chi connectivity index (χ4v) is 4.79. The van der Waals surface area contributed by atoms with Crippen LogP contribution in [0.4, 0.5) is 0 Å². The molecule has 1 aliphatic carbocycles. The molecule has 2 fully saturated rings. The zero-order chi connectivity index (χ0) is 15.4. The summed E-state index contributed by atoms with van der Waals surface area (Å²) in [5.74, 6) is 0.714. The SMILES string of the molecule is CN(C)C(CNC1CCCC1C1COCCN1)c1cccs1.Cl. The molecular weight excluding hydrogens is 330 g/mol. The first kappa shape index (κ1) is 19.2. The van der Waals surface area contributed by atoms with Crippen LogP contribution >= 0.6 is 23.7 Å². The van der Waals surface area contributed by atoms with Gasteiger partial charge >= 0.3 is 0 Å². The van der Waals surface area contributed by atoms with Gasteiger partial charge in [-0.3, -0.25) is 0 Å². The Bertz CT molecular complexity index is 437. The molecular formula is C17H30ClN3OS. The summed E-state index contributed by atoms with van der Waals surface area (Å²) in [6.45, 7) is 3.78. The zero-order valence-corrected chi connectivity index (χ0v) is 15.8. The van der Waals surface area contributed by atoms with Crippen molar-refractivity contribution in [1.82, 2.24) is 15.5 Å². The molecule has 1 aliphatic heterocycles. The van der Waals surface area contributed by atoms with E-state index in [-0.39, 0.29) is 12.4 Å². The number of rotatable bonds is 6. The van der Waals surface area contributed by atoms with Crippen LogP contribution in [0.3, 0.4) is 0 Å². The van der Waals surface area contributed by atoms with Crippen molar-refractivity contribution >= 4 is 23.7 Å². The number of hydrogen-bond donors (Lipinski definition) is 2. The predicted octanol–water partition coefficient (Wildman–Crippen LogP) is 2.52. The minimum atomic E-state index is 0. The third-order valence-electron chi connectivity index (χ3n) is 5.10. The summed E-state index contributed by atoms with van der Waals surface area (Å²) >= 11 is 1.86. The molecule has 0 radical (unpaired) electrons. The number of thiophene rings is 1. The average Bonchev–Trinajstić information content (AvgIpc) is 3.19. The van der Waals surface area contributed by atoms with Gasteiger partial charge in [0.05, 0.1) is 19.3 Å². The fourth-order valence-electron chi connectivity index (χ4n) is 3.87. The van der Waals surface area contributed by atoms with Crippen LogP contribution in [-0.4, -0.2) is 57.4 Å². The van der Waals surface area contributed by atoms with Gasteiger partial charge in [0.25, 0.3) is 0 Å². The molecule has 4 unspecified atom stereocenters. The number of nitrogens with zero attached hydrogens (tertiary/aromatic N) is 1. The maximum atomic E-state index is 5.67. The molecule has 132 valence electrons. The van der Waals surface area contributed by atoms with E-state index in [2.05, 4.69) is 47.1 Å². The first-order valence-corrected chi connectivity index (χ1v) is 9.38. The summed E-state index contributed by atoms with van der Waals surface area (Å²) < 4.78 is 5.67. The summed E-state index contributed by atoms with van der Waals surface area (Å²) in [5, 5.41) is 9.70. The van der Waals surface area contributed by atoms with Crippen LogP contribution in [0.1, 0.15) is 30.2 Å². The van der Waals surface area contributed by atoms with Crippen LogP contribution < -0.4 is 10.6 Å². The molecule has 1 saturated carbocycles. The minimum Gasteiger partial charge on any atom is -0.379 e. The van der Waals surface area contributed by atoms with Crippen molar-refractivity contribution in [2.24, 2.45) is 5.92 Å². The van der Waals surface area contributed by atoms with E-state index in [0.717, 1.165) is 26.3 Å². The van der Waals surface area contributed by atoms with Gasteiger partial charge in [-0.15, -0.1) is 23.7 Å². The van der Waals surface area contributed by atoms with E-state index >= 15 is 0 Å². The Hall–Kier alpha value is -0.170. The summed E-state index contributed by atoms with van der Waals surface area (Å²) in [6.07, 6.45) is 3.96. The molecule has 4 nitrogen and oxygen atoms in total. The van der Waals surface area contributed by atoms with Crippen molar-refractivity contribution in [3.8, 4) is 0 Å². The molecule has 0 spiro atoms. The molecule has 1 aromatic rings. The fraction of sp³-hybridized carbons (Fsp3) is 0.765. The first-order chi connectivity index (χ1) is 10.8. The first-order valence-electron chi connectivity index (χ1n) is 8.50. The lowest BCUT2D eigenvalue weighted by molar-refractivity contribution is 0.0521. The van der Waals surface area contributed by atoms with Crippen molar-refractivity contribution in [2.45, 2.75) is 37.4 Å². The van der Waals surface area contributed by atoms with E-state index in [1.54, 1.807) is 0 Å². The summed E-state index contributed by atoms with van der Waals surface area (Å²) in [7, 11) is 4.35. The van der Waals surface area contributed by atoms with Gasteiger partial charge in [0.2, 0.25) is 0 Å². The van der Waals surface area contributed by atoms with Crippen molar-refractivity contribution in [3.05, 3.63) is 22.4 Å². The highest BCUT2D eigenvalue weighted by atomic mass is 35.5. The van der Waals surface area contributed by atoms with Crippen molar-refractivity contribution in [3.63, 3.8) is 0 Å². The van der Waals surface area contributed by atoms with Gasteiger partial charge < -0.3 is 20.3 Å². The van der Waals surface area contributed by atoms with Crippen LogP contribution in [0.15, 0.2) is 17.5 Å². The molecule has 1 saturated heterocycles. The normalized spacial score (nSPS) is 29.4. The van der Waals surface area contributed by atoms with Gasteiger partial charge in [0.1, 0.15) is 0 Å². The molecule has 2 heterocycles. The van der Waals surface area contributed by atoms with Crippen molar-refractivity contribution in [2.75, 3.05) is 40.4 Å². The number of likely N-dealkylation sites (N-methyl/N-ethyl adjacent to an activating group) is 1. The predicted molar refractivity (Wildman–Crippen MR) is 99.7 cm³/mol. The van der Waals surface area contributed by atoms with Crippen LogP contribution in [0.2, 0.25) is 0 Å². The zero-order valence-electron chi connectivity index (χ0n) is 14.2. The van der Waals surface area contributed by atoms with E-state index in [1.165, 1.54) is 24.1 Å². The Morgan fingerprint density at radius 3 is 2.96 bits per heavy atom. The Kier molecular flexibility index (Phi) is 7.79. The van der Waals surface area contributed by atoms with E-state index in [0.29, 0.717) is 24.0 Å². The lowest BCUT2D eigenvalue weighted by Crippen LogP contribution is -2.51. The topological polar surface area (TPSA) is 36.5 Å². The van der Waals surface area contributed by atoms with E-state index in [1.807, 2.05) is 11.3 Å². The third kappa shape index (κ3) is 4.91. The lowest BCUT2D eigenvalue weighted by Gasteiger charge is -2.34. The van der Waals surface area contributed by atoms with Gasteiger partial charge in [-0.2, -0.15) is 0 Å². The molecule has 0 aromatic carbocycles. The molecule has 0 bridgehead atoms. The molecule has 2 N–H and O–H groups in total. The number of nitrogens with one attached hydrogen (secondary N) is 2. The minimum absolute atomic E-state index is 0. The van der Waals surface area contributed by atoms with Crippen LogP contribution in [0.5, 0.6) is 0 Å². The second kappa shape index (κ2) is 9.35. The maximum Gasteiger partial charge on any atom is 0.0623 e. The Balaban J connectivity index is 0.00000192. The molecule has 4 atom stereocenters. The second-order valence-corrected chi connectivity index (χ2v) is 7.72. The maximum absolute atomic E-state index is 5.67. The highest BCUT2D eigenvalue weighted by molar-refractivity contribution is 7.10. The monoisotopic (exact) mass is 359 g/mol. The summed E-state index contributed by atoms with van der Waals surface area (Å²) in [6, 6.07) is 6.03. The molecule has 6 heteroatoms. The number of morpholine rings is 1. The van der Waals surface area contributed by atoms with Crippen molar-refractivity contribution < 1.29 is 4.74 Å². The number of halogens is 1. The smallest absolute Gasteiger partial charge is 0.0623 e. The van der Waals surface area contributed by atoms with Gasteiger partial charge in [-0.25, -0.2) is 0 Å². The van der Waals surface area contributed by atoms with Gasteiger partial charge in [-0.1, -0.05) is 12.5 Å². The molecule has 3 rings (SSSR count). The average molecular weight is 360 g/mol. The van der Waals surface area contributed by atoms with Gasteiger partial charge in [-0.05, 0) is 44.3 Å². The Labute approximate surface area is 150 Å². The largest absolute Gasteiger partial charge is 0.379 e. The highest BCUT2D eigenvalue weighted by Gasteiger charge is 2.34. The Morgan fingerprint density at radius 2 is 2.30 bits per heavy atom. The second-order valence-electron chi connectivity index (χ2n) is 6.74. The van der Waals surface area contributed by atoms with E-state index in [9.17, 15) is 0 Å². The quantitative estimate of drug-likeness (QED) is 0.818. The van der Waals surface area contributed by atoms with Crippen molar-refractivity contribution in [1.29, 1.82) is 0 Å². The van der Waals surface area contributed by atoms with Crippen LogP contribution in [0, 0.1) is 5.92 Å². The summed E-state index contributed by atoms with van der Waals surface area (Å²) in [5.41, 5.74) is 0.